The minimum atomic E-state index is -4.86. The van der Waals surface area contributed by atoms with E-state index >= 15 is 0 Å². The fourth-order valence-corrected chi connectivity index (χ4v) is 5.84. The van der Waals surface area contributed by atoms with E-state index in [9.17, 15) is 41.7 Å². The SMILES string of the molecule is CC(C)OC(=O)c1cc(-n2c(=O)cc(C(F)(F)F)n(C)c2=O)ccc1Cl.CCc1cccc(CC)c1N(COC)C(=O)CCl.CP(=O)(O)CCC(N)C(=O)O. The van der Waals surface area contributed by atoms with Crippen molar-refractivity contribution in [3.8, 4) is 5.69 Å². The van der Waals surface area contributed by atoms with Crippen molar-refractivity contribution < 1.29 is 51.6 Å². The van der Waals surface area contributed by atoms with Gasteiger partial charge in [0.25, 0.3) is 5.56 Å². The number of hydrogen-bond donors (Lipinski definition) is 3. The van der Waals surface area contributed by atoms with E-state index in [2.05, 4.69) is 13.8 Å². The van der Waals surface area contributed by atoms with Gasteiger partial charge < -0.3 is 25.2 Å². The van der Waals surface area contributed by atoms with E-state index in [-0.39, 0.29) is 47.4 Å². The summed E-state index contributed by atoms with van der Waals surface area (Å²) in [4.78, 5) is 68.9. The molecule has 0 saturated carbocycles. The smallest absolute Gasteiger partial charge is 0.431 e. The molecule has 0 bridgehead atoms. The van der Waals surface area contributed by atoms with E-state index in [0.717, 1.165) is 42.8 Å². The number of benzene rings is 2. The quantitative estimate of drug-likeness (QED) is 0.0856. The summed E-state index contributed by atoms with van der Waals surface area (Å²) in [5.41, 5.74) is 4.33. The number of carboxylic acids is 1. The van der Waals surface area contributed by atoms with E-state index in [4.69, 9.17) is 48.4 Å². The Morgan fingerprint density at radius 1 is 1.05 bits per heavy atom. The number of hydrogen-bond acceptors (Lipinski definition) is 9. The number of amides is 1. The highest BCUT2D eigenvalue weighted by Crippen LogP contribution is 2.35. The van der Waals surface area contributed by atoms with Gasteiger partial charge in [0.1, 0.15) is 24.3 Å². The van der Waals surface area contributed by atoms with E-state index in [1.807, 2.05) is 18.2 Å². The van der Waals surface area contributed by atoms with Gasteiger partial charge in [-0.3, -0.25) is 28.4 Å². The molecule has 306 valence electrons. The number of carbonyl (C=O) groups is 3. The average Bonchev–Trinajstić information content (AvgIpc) is 3.10. The maximum absolute atomic E-state index is 12.9. The predicted molar refractivity (Wildman–Crippen MR) is 204 cm³/mol. The highest BCUT2D eigenvalue weighted by Gasteiger charge is 2.35. The number of methoxy groups -OCH3 is 1. The molecule has 1 amide bonds. The number of nitrogens with two attached hydrogens (primary N) is 1. The number of carbonyl (C=O) groups excluding carboxylic acids is 2. The number of esters is 1. The van der Waals surface area contributed by atoms with Gasteiger partial charge in [-0.1, -0.05) is 43.6 Å². The molecule has 3 rings (SSSR count). The number of anilines is 1. The van der Waals surface area contributed by atoms with Crippen LogP contribution < -0.4 is 21.9 Å². The molecule has 3 aromatic rings. The third kappa shape index (κ3) is 14.9. The summed E-state index contributed by atoms with van der Waals surface area (Å²) >= 11 is 11.6. The van der Waals surface area contributed by atoms with Gasteiger partial charge in [0, 0.05) is 33.1 Å². The zero-order chi connectivity index (χ0) is 42.4. The largest absolute Gasteiger partial charge is 0.480 e. The second-order valence-electron chi connectivity index (χ2n) is 12.2. The molecule has 0 saturated heterocycles. The molecule has 14 nitrogen and oxygen atoms in total. The Morgan fingerprint density at radius 3 is 2.05 bits per heavy atom. The molecule has 0 spiro atoms. The van der Waals surface area contributed by atoms with Crippen molar-refractivity contribution in [3.05, 3.63) is 90.7 Å². The molecule has 1 aromatic heterocycles. The molecule has 0 aliphatic heterocycles. The van der Waals surface area contributed by atoms with Crippen LogP contribution in [0.2, 0.25) is 5.02 Å². The maximum Gasteiger partial charge on any atom is 0.431 e. The van der Waals surface area contributed by atoms with E-state index in [0.29, 0.717) is 15.2 Å². The fraction of sp³-hybridized carbons (Fsp3) is 0.457. The maximum atomic E-state index is 12.9. The molecule has 20 heteroatoms. The average molecular weight is 842 g/mol. The zero-order valence-corrected chi connectivity index (χ0v) is 33.8. The molecule has 1 heterocycles. The molecule has 0 fully saturated rings. The molecule has 2 aromatic carbocycles. The number of aryl methyl sites for hydroxylation is 2. The number of carboxylic acid groups (broad SMARTS) is 1. The fourth-order valence-electron chi connectivity index (χ4n) is 4.75. The van der Waals surface area contributed by atoms with Crippen LogP contribution in [0.25, 0.3) is 5.69 Å². The first-order chi connectivity index (χ1) is 25.4. The van der Waals surface area contributed by atoms with Gasteiger partial charge in [-0.15, -0.1) is 11.6 Å². The molecule has 2 unspecified atom stereocenters. The summed E-state index contributed by atoms with van der Waals surface area (Å²) in [6.07, 6.45) is -3.56. The number of ether oxygens (including phenoxy) is 2. The Labute approximate surface area is 326 Å². The van der Waals surface area contributed by atoms with E-state index in [1.165, 1.54) is 18.8 Å². The van der Waals surface area contributed by atoms with Crippen LogP contribution >= 0.6 is 30.6 Å². The van der Waals surface area contributed by atoms with Crippen molar-refractivity contribution in [2.75, 3.05) is 37.4 Å². The first-order valence-corrected chi connectivity index (χ1v) is 19.8. The summed E-state index contributed by atoms with van der Waals surface area (Å²) in [5, 5.41) is 8.29. The number of halogens is 5. The van der Waals surface area contributed by atoms with Gasteiger partial charge in [-0.2, -0.15) is 13.2 Å². The highest BCUT2D eigenvalue weighted by molar-refractivity contribution is 7.57. The highest BCUT2D eigenvalue weighted by atomic mass is 35.5. The standard InChI is InChI=1S/C16H14ClF3N2O4.C14H20ClNO2.C5H12NO4P/c1-8(2)26-14(24)10-6-9(4-5-11(10)17)22-13(23)7-12(16(18,19)20)21(3)15(22)25;1-4-11-7-6-8-12(5-2)14(11)16(10-18-3)13(17)9-15;1-11(9,10)3-2-4(6)5(7)8/h4-8H,1-3H3;6-8H,4-5,9-10H2,1-3H3;4H,2-3,6H2,1H3,(H,7,8)(H,9,10). The lowest BCUT2D eigenvalue weighted by Gasteiger charge is -2.26. The first-order valence-electron chi connectivity index (χ1n) is 16.6. The number of aromatic nitrogens is 2. The number of rotatable bonds is 13. The molecule has 2 atom stereocenters. The van der Waals surface area contributed by atoms with Gasteiger partial charge in [0.15, 0.2) is 7.37 Å². The Balaban J connectivity index is 0.000000452. The van der Waals surface area contributed by atoms with E-state index < -0.39 is 54.6 Å². The number of aliphatic carboxylic acids is 1. The van der Waals surface area contributed by atoms with Gasteiger partial charge in [0.2, 0.25) is 5.91 Å². The predicted octanol–water partition coefficient (Wildman–Crippen LogP) is 5.45. The van der Waals surface area contributed by atoms with Crippen LogP contribution in [0.1, 0.15) is 61.3 Å². The third-order valence-corrected chi connectivity index (χ3v) is 9.11. The van der Waals surface area contributed by atoms with Gasteiger partial charge in [-0.25, -0.2) is 14.2 Å². The lowest BCUT2D eigenvalue weighted by atomic mass is 10.0. The van der Waals surface area contributed by atoms with Crippen molar-refractivity contribution in [1.29, 1.82) is 0 Å². The summed E-state index contributed by atoms with van der Waals surface area (Å²) in [6.45, 7) is 8.80. The zero-order valence-electron chi connectivity index (χ0n) is 31.4. The van der Waals surface area contributed by atoms with Crippen LogP contribution in [0.5, 0.6) is 0 Å². The molecule has 0 aliphatic rings. The van der Waals surface area contributed by atoms with Crippen molar-refractivity contribution in [2.45, 2.75) is 65.3 Å². The monoisotopic (exact) mass is 840 g/mol. The summed E-state index contributed by atoms with van der Waals surface area (Å²) in [7, 11) is -0.631. The first kappa shape index (κ1) is 49.0. The van der Waals surface area contributed by atoms with Crippen molar-refractivity contribution in [3.63, 3.8) is 0 Å². The third-order valence-electron chi connectivity index (χ3n) is 7.46. The molecule has 55 heavy (non-hydrogen) atoms. The Bertz CT molecular complexity index is 1940. The second kappa shape index (κ2) is 21.9. The van der Waals surface area contributed by atoms with Gasteiger partial charge >= 0.3 is 23.8 Å². The molecular formula is C35H46Cl2F3N4O10P. The topological polar surface area (TPSA) is 200 Å². The Morgan fingerprint density at radius 2 is 1.62 bits per heavy atom. The van der Waals surface area contributed by atoms with Gasteiger partial charge in [-0.05, 0) is 62.4 Å². The van der Waals surface area contributed by atoms with Crippen LogP contribution in [0, 0.1) is 0 Å². The van der Waals surface area contributed by atoms with Crippen LogP contribution in [0.15, 0.2) is 52.1 Å². The normalized spacial score (nSPS) is 12.7. The minimum absolute atomic E-state index is 0.0104. The van der Waals surface area contributed by atoms with Gasteiger partial charge in [0.05, 0.1) is 28.1 Å². The summed E-state index contributed by atoms with van der Waals surface area (Å²) in [5.74, 6) is -2.10. The lowest BCUT2D eigenvalue weighted by molar-refractivity contribution is -0.144. The van der Waals surface area contributed by atoms with Crippen LogP contribution in [0.3, 0.4) is 0 Å². The summed E-state index contributed by atoms with van der Waals surface area (Å²) < 4.78 is 60.3. The Kier molecular flexibility index (Phi) is 19.5. The van der Waals surface area contributed by atoms with Crippen LogP contribution in [0.4, 0.5) is 18.9 Å². The molecular weight excluding hydrogens is 795 g/mol. The number of para-hydroxylation sites is 1. The van der Waals surface area contributed by atoms with Crippen molar-refractivity contribution in [1.82, 2.24) is 9.13 Å². The van der Waals surface area contributed by atoms with Crippen LogP contribution in [-0.4, -0.2) is 81.7 Å². The lowest BCUT2D eigenvalue weighted by Crippen LogP contribution is -2.40. The molecule has 0 radical (unpaired) electrons. The number of alkyl halides is 4. The number of nitrogens with zero attached hydrogens (tertiary/aromatic N) is 3. The van der Waals surface area contributed by atoms with Crippen molar-refractivity contribution >= 4 is 54.1 Å². The Hall–Kier alpha value is -3.99. The molecule has 0 aliphatic carbocycles. The van der Waals surface area contributed by atoms with E-state index in [1.54, 1.807) is 25.9 Å². The van der Waals surface area contributed by atoms with Crippen molar-refractivity contribution in [2.24, 2.45) is 12.8 Å². The van der Waals surface area contributed by atoms with Crippen LogP contribution in [-0.2, 0) is 49.7 Å². The second-order valence-corrected chi connectivity index (χ2v) is 15.4. The minimum Gasteiger partial charge on any atom is -0.480 e. The molecule has 4 N–H and O–H groups in total. The summed E-state index contributed by atoms with van der Waals surface area (Å²) in [6, 6.07) is 8.98.